The highest BCUT2D eigenvalue weighted by Crippen LogP contribution is 2.20. The topological polar surface area (TPSA) is 66.9 Å². The van der Waals surface area contributed by atoms with Crippen molar-refractivity contribution in [2.45, 2.75) is 25.0 Å². The highest BCUT2D eigenvalue weighted by Gasteiger charge is 2.15. The van der Waals surface area contributed by atoms with Crippen LogP contribution in [0.4, 0.5) is 5.13 Å². The van der Waals surface area contributed by atoms with Crippen LogP contribution in [0.15, 0.2) is 0 Å². The summed E-state index contributed by atoms with van der Waals surface area (Å²) in [6.45, 7) is 3.94. The average Bonchev–Trinajstić information content (AvgIpc) is 2.73. The van der Waals surface area contributed by atoms with Gasteiger partial charge < -0.3 is 10.6 Å². The molecule has 1 aromatic rings. The molecule has 94 valence electrons. The maximum absolute atomic E-state index is 11.7. The minimum atomic E-state index is 0.0182. The van der Waals surface area contributed by atoms with Crippen LogP contribution in [0.25, 0.3) is 0 Å². The van der Waals surface area contributed by atoms with E-state index in [0.717, 1.165) is 25.9 Å². The Bertz CT molecular complexity index is 376. The molecular weight excluding hydrogens is 256 g/mol. The fourth-order valence-electron chi connectivity index (χ4n) is 1.66. The maximum atomic E-state index is 11.7. The zero-order chi connectivity index (χ0) is 12.1. The number of thioether (sulfide) groups is 1. The van der Waals surface area contributed by atoms with Gasteiger partial charge in [0.15, 0.2) is 0 Å². The highest BCUT2D eigenvalue weighted by atomic mass is 32.2. The molecule has 0 atom stereocenters. The van der Waals surface area contributed by atoms with Crippen LogP contribution in [-0.2, 0) is 4.79 Å². The van der Waals surface area contributed by atoms with Crippen LogP contribution in [0.5, 0.6) is 0 Å². The van der Waals surface area contributed by atoms with E-state index >= 15 is 0 Å². The van der Waals surface area contributed by atoms with Crippen LogP contribution in [0, 0.1) is 6.92 Å². The van der Waals surface area contributed by atoms with E-state index in [4.69, 9.17) is 0 Å². The van der Waals surface area contributed by atoms with Gasteiger partial charge in [-0.1, -0.05) is 0 Å². The number of aryl methyl sites for hydroxylation is 1. The Morgan fingerprint density at radius 1 is 1.59 bits per heavy atom. The molecule has 1 aromatic heterocycles. The Morgan fingerprint density at radius 2 is 2.35 bits per heavy atom. The zero-order valence-corrected chi connectivity index (χ0v) is 11.4. The molecule has 0 spiro atoms. The van der Waals surface area contributed by atoms with Crippen molar-refractivity contribution in [3.63, 3.8) is 0 Å². The van der Waals surface area contributed by atoms with Gasteiger partial charge in [-0.2, -0.15) is 4.37 Å². The Hall–Kier alpha value is -0.660. The van der Waals surface area contributed by atoms with Gasteiger partial charge in [0.1, 0.15) is 5.82 Å². The standard InChI is InChI=1S/C10H16N4OS2/c1-7-12-10(17-14-7)13-9(15)6-16-8-2-4-11-5-3-8/h8,11H,2-6H2,1H3,(H,12,13,14,15). The van der Waals surface area contributed by atoms with Gasteiger partial charge in [0, 0.05) is 16.8 Å². The van der Waals surface area contributed by atoms with Gasteiger partial charge in [-0.3, -0.25) is 4.79 Å². The maximum Gasteiger partial charge on any atom is 0.236 e. The number of hydrogen-bond acceptors (Lipinski definition) is 6. The molecule has 0 aromatic carbocycles. The van der Waals surface area contributed by atoms with Crippen LogP contribution in [0.3, 0.4) is 0 Å². The number of nitrogens with one attached hydrogen (secondary N) is 2. The fourth-order valence-corrected chi connectivity index (χ4v) is 3.28. The molecular formula is C10H16N4OS2. The first kappa shape index (κ1) is 12.8. The monoisotopic (exact) mass is 272 g/mol. The second kappa shape index (κ2) is 6.32. The molecule has 5 nitrogen and oxygen atoms in total. The van der Waals surface area contributed by atoms with Gasteiger partial charge >= 0.3 is 0 Å². The molecule has 0 aliphatic carbocycles. The molecule has 2 rings (SSSR count). The average molecular weight is 272 g/mol. The Morgan fingerprint density at radius 3 is 3.00 bits per heavy atom. The minimum Gasteiger partial charge on any atom is -0.317 e. The summed E-state index contributed by atoms with van der Waals surface area (Å²) >= 11 is 2.96. The van der Waals surface area contributed by atoms with E-state index in [2.05, 4.69) is 20.0 Å². The van der Waals surface area contributed by atoms with E-state index < -0.39 is 0 Å². The highest BCUT2D eigenvalue weighted by molar-refractivity contribution is 8.00. The van der Waals surface area contributed by atoms with Gasteiger partial charge in [-0.05, 0) is 32.9 Å². The van der Waals surface area contributed by atoms with E-state index in [1.807, 2.05) is 6.92 Å². The minimum absolute atomic E-state index is 0.0182. The summed E-state index contributed by atoms with van der Waals surface area (Å²) in [4.78, 5) is 15.8. The van der Waals surface area contributed by atoms with Crippen molar-refractivity contribution in [1.29, 1.82) is 0 Å². The molecule has 0 bridgehead atoms. The molecule has 1 fully saturated rings. The second-order valence-electron chi connectivity index (χ2n) is 3.96. The second-order valence-corrected chi connectivity index (χ2v) is 6.00. The summed E-state index contributed by atoms with van der Waals surface area (Å²) in [5, 5.41) is 7.29. The molecule has 1 aliphatic heterocycles. The molecule has 1 saturated heterocycles. The van der Waals surface area contributed by atoms with Crippen LogP contribution < -0.4 is 10.6 Å². The van der Waals surface area contributed by atoms with Gasteiger partial charge in [0.2, 0.25) is 11.0 Å². The third kappa shape index (κ3) is 4.25. The molecule has 0 unspecified atom stereocenters. The quantitative estimate of drug-likeness (QED) is 0.864. The van der Waals surface area contributed by atoms with Gasteiger partial charge in [-0.15, -0.1) is 11.8 Å². The first-order valence-corrected chi connectivity index (χ1v) is 7.49. The van der Waals surface area contributed by atoms with Crippen LogP contribution in [-0.4, -0.2) is 39.4 Å². The number of piperidine rings is 1. The lowest BCUT2D eigenvalue weighted by Crippen LogP contribution is -2.30. The summed E-state index contributed by atoms with van der Waals surface area (Å²) in [6.07, 6.45) is 2.30. The van der Waals surface area contributed by atoms with Gasteiger partial charge in [0.25, 0.3) is 0 Å². The number of rotatable bonds is 4. The number of amides is 1. The van der Waals surface area contributed by atoms with E-state index in [-0.39, 0.29) is 5.91 Å². The number of aromatic nitrogens is 2. The van der Waals surface area contributed by atoms with Crippen LogP contribution >= 0.6 is 23.3 Å². The number of carbonyl (C=O) groups excluding carboxylic acids is 1. The SMILES string of the molecule is Cc1nsc(NC(=O)CSC2CCNCC2)n1. The van der Waals surface area contributed by atoms with Crippen molar-refractivity contribution < 1.29 is 4.79 Å². The summed E-state index contributed by atoms with van der Waals surface area (Å²) in [6, 6.07) is 0. The molecule has 0 saturated carbocycles. The first-order valence-electron chi connectivity index (χ1n) is 5.66. The van der Waals surface area contributed by atoms with Crippen molar-refractivity contribution in [2.24, 2.45) is 0 Å². The van der Waals surface area contributed by atoms with Crippen LogP contribution in [0.2, 0.25) is 0 Å². The zero-order valence-electron chi connectivity index (χ0n) is 9.73. The van der Waals surface area contributed by atoms with Gasteiger partial charge in [-0.25, -0.2) is 4.98 Å². The number of nitrogens with zero attached hydrogens (tertiary/aromatic N) is 2. The third-order valence-corrected chi connectivity index (χ3v) is 4.60. The summed E-state index contributed by atoms with van der Waals surface area (Å²) < 4.78 is 4.02. The largest absolute Gasteiger partial charge is 0.317 e. The number of carbonyl (C=O) groups is 1. The Balaban J connectivity index is 1.70. The molecule has 17 heavy (non-hydrogen) atoms. The molecule has 0 radical (unpaired) electrons. The van der Waals surface area contributed by atoms with Gasteiger partial charge in [0.05, 0.1) is 5.75 Å². The Labute approximate surface area is 109 Å². The lowest BCUT2D eigenvalue weighted by Gasteiger charge is -2.21. The molecule has 1 aliphatic rings. The van der Waals surface area contributed by atoms with E-state index in [1.54, 1.807) is 11.8 Å². The van der Waals surface area contributed by atoms with E-state index in [1.165, 1.54) is 11.5 Å². The van der Waals surface area contributed by atoms with Crippen molar-refractivity contribution in [2.75, 3.05) is 24.2 Å². The van der Waals surface area contributed by atoms with E-state index in [9.17, 15) is 4.79 Å². The van der Waals surface area contributed by atoms with Crippen molar-refractivity contribution >= 4 is 34.3 Å². The van der Waals surface area contributed by atoms with Crippen LogP contribution in [0.1, 0.15) is 18.7 Å². The lowest BCUT2D eigenvalue weighted by molar-refractivity contribution is -0.113. The molecule has 7 heteroatoms. The first-order chi connectivity index (χ1) is 8.24. The van der Waals surface area contributed by atoms with Crippen molar-refractivity contribution in [3.05, 3.63) is 5.82 Å². The molecule has 2 N–H and O–H groups in total. The number of hydrogen-bond donors (Lipinski definition) is 2. The lowest BCUT2D eigenvalue weighted by atomic mass is 10.2. The number of anilines is 1. The predicted molar refractivity (Wildman–Crippen MR) is 71.6 cm³/mol. The fraction of sp³-hybridized carbons (Fsp3) is 0.700. The predicted octanol–water partition coefficient (Wildman–Crippen LogP) is 1.27. The molecule has 1 amide bonds. The van der Waals surface area contributed by atoms with E-state index in [0.29, 0.717) is 22.0 Å². The Kier molecular flexibility index (Phi) is 4.75. The summed E-state index contributed by atoms with van der Waals surface area (Å²) in [7, 11) is 0. The van der Waals surface area contributed by atoms with Crippen molar-refractivity contribution in [3.8, 4) is 0 Å². The normalized spacial score (nSPS) is 17.0. The summed E-state index contributed by atoms with van der Waals surface area (Å²) in [5.41, 5.74) is 0. The third-order valence-electron chi connectivity index (χ3n) is 2.51. The molecule has 2 heterocycles. The summed E-state index contributed by atoms with van der Waals surface area (Å²) in [5.74, 6) is 1.23. The van der Waals surface area contributed by atoms with Crippen molar-refractivity contribution in [1.82, 2.24) is 14.7 Å². The smallest absolute Gasteiger partial charge is 0.236 e.